The van der Waals surface area contributed by atoms with Crippen LogP contribution >= 0.6 is 0 Å². The van der Waals surface area contributed by atoms with Crippen molar-refractivity contribution in [2.45, 2.75) is 38.2 Å². The summed E-state index contributed by atoms with van der Waals surface area (Å²) in [6.07, 6.45) is 7.20. The van der Waals surface area contributed by atoms with Crippen molar-refractivity contribution >= 4 is 5.91 Å². The summed E-state index contributed by atoms with van der Waals surface area (Å²) in [5, 5.41) is 6.91. The third-order valence-corrected chi connectivity index (χ3v) is 5.99. The predicted octanol–water partition coefficient (Wildman–Crippen LogP) is 3.64. The van der Waals surface area contributed by atoms with Crippen LogP contribution in [0.4, 0.5) is 4.39 Å². The highest BCUT2D eigenvalue weighted by Crippen LogP contribution is 2.46. The fourth-order valence-corrected chi connectivity index (χ4v) is 4.76. The molecule has 1 aromatic heterocycles. The number of benzene rings is 1. The number of amides is 1. The summed E-state index contributed by atoms with van der Waals surface area (Å²) in [6, 6.07) is 6.22. The Hall–Kier alpha value is -2.21. The number of piperidine rings is 1. The molecule has 1 aromatic carbocycles. The molecule has 0 radical (unpaired) electrons. The summed E-state index contributed by atoms with van der Waals surface area (Å²) in [4.78, 5) is 15.1. The summed E-state index contributed by atoms with van der Waals surface area (Å²) >= 11 is 0. The molecule has 4 rings (SSSR count). The molecule has 0 bridgehead atoms. The first-order valence-corrected chi connectivity index (χ1v) is 9.24. The van der Waals surface area contributed by atoms with Crippen molar-refractivity contribution in [1.29, 1.82) is 0 Å². The van der Waals surface area contributed by atoms with Gasteiger partial charge in [0.05, 0.1) is 23.6 Å². The molecule has 1 saturated heterocycles. The number of ether oxygens (including phenoxy) is 1. The predicted molar refractivity (Wildman–Crippen MR) is 96.2 cm³/mol. The molecule has 1 aliphatic heterocycles. The van der Waals surface area contributed by atoms with Crippen LogP contribution in [-0.2, 0) is 4.74 Å². The van der Waals surface area contributed by atoms with E-state index in [4.69, 9.17) is 4.74 Å². The number of carbonyl (C=O) groups excluding carboxylic acids is 1. The Kier molecular flexibility index (Phi) is 4.53. The van der Waals surface area contributed by atoms with E-state index in [1.807, 2.05) is 4.90 Å². The summed E-state index contributed by atoms with van der Waals surface area (Å²) in [6.45, 7) is 1.46. The van der Waals surface area contributed by atoms with E-state index in [0.29, 0.717) is 16.8 Å². The van der Waals surface area contributed by atoms with E-state index in [2.05, 4.69) is 10.2 Å². The van der Waals surface area contributed by atoms with Crippen molar-refractivity contribution in [3.05, 3.63) is 41.8 Å². The maximum Gasteiger partial charge on any atom is 0.257 e. The average molecular weight is 357 g/mol. The molecule has 2 fully saturated rings. The topological polar surface area (TPSA) is 58.2 Å². The molecule has 1 spiro atoms. The van der Waals surface area contributed by atoms with Crippen LogP contribution in [0.3, 0.4) is 0 Å². The lowest BCUT2D eigenvalue weighted by Gasteiger charge is -2.43. The van der Waals surface area contributed by atoms with Gasteiger partial charge in [-0.2, -0.15) is 5.10 Å². The van der Waals surface area contributed by atoms with Crippen molar-refractivity contribution in [2.75, 3.05) is 20.2 Å². The van der Waals surface area contributed by atoms with Crippen LogP contribution in [0.25, 0.3) is 11.3 Å². The van der Waals surface area contributed by atoms with Crippen LogP contribution in [0.2, 0.25) is 0 Å². The first-order chi connectivity index (χ1) is 12.6. The lowest BCUT2D eigenvalue weighted by atomic mass is 9.76. The van der Waals surface area contributed by atoms with E-state index in [1.165, 1.54) is 12.1 Å². The monoisotopic (exact) mass is 357 g/mol. The Morgan fingerprint density at radius 1 is 1.38 bits per heavy atom. The van der Waals surface area contributed by atoms with Gasteiger partial charge in [-0.1, -0.05) is 18.6 Å². The van der Waals surface area contributed by atoms with E-state index < -0.39 is 0 Å². The van der Waals surface area contributed by atoms with Crippen LogP contribution in [0.1, 0.15) is 42.5 Å². The second-order valence-corrected chi connectivity index (χ2v) is 7.48. The third-order valence-electron chi connectivity index (χ3n) is 5.99. The molecule has 5 nitrogen and oxygen atoms in total. The summed E-state index contributed by atoms with van der Waals surface area (Å²) in [5.41, 5.74) is 1.78. The standard InChI is InChI=1S/C20H24FN3O2/c1-26-17-7-3-8-20(17)9-4-10-24(13-20)19(25)16-12-22-23-18(16)14-5-2-6-15(21)11-14/h2,5-6,11-12,17H,3-4,7-10,13H2,1H3,(H,22,23)/t17-,20+/m1/s1. The maximum atomic E-state index is 13.6. The number of nitrogens with zero attached hydrogens (tertiary/aromatic N) is 2. The lowest BCUT2D eigenvalue weighted by Crippen LogP contribution is -2.49. The van der Waals surface area contributed by atoms with Gasteiger partial charge in [0.2, 0.25) is 0 Å². The van der Waals surface area contributed by atoms with Gasteiger partial charge in [-0.05, 0) is 37.8 Å². The molecule has 0 unspecified atom stereocenters. The Bertz CT molecular complexity index is 806. The van der Waals surface area contributed by atoms with Gasteiger partial charge >= 0.3 is 0 Å². The minimum Gasteiger partial charge on any atom is -0.381 e. The highest BCUT2D eigenvalue weighted by Gasteiger charge is 2.46. The zero-order valence-electron chi connectivity index (χ0n) is 15.0. The van der Waals surface area contributed by atoms with E-state index in [1.54, 1.807) is 25.4 Å². The largest absolute Gasteiger partial charge is 0.381 e. The molecule has 2 heterocycles. The van der Waals surface area contributed by atoms with E-state index in [-0.39, 0.29) is 23.2 Å². The number of hydrogen-bond acceptors (Lipinski definition) is 3. The molecule has 2 aliphatic rings. The normalized spacial score (nSPS) is 25.8. The van der Waals surface area contributed by atoms with Crippen LogP contribution in [0.15, 0.2) is 30.5 Å². The maximum absolute atomic E-state index is 13.6. The van der Waals surface area contributed by atoms with Crippen LogP contribution in [-0.4, -0.2) is 47.3 Å². The van der Waals surface area contributed by atoms with Gasteiger partial charge < -0.3 is 9.64 Å². The van der Waals surface area contributed by atoms with Gasteiger partial charge in [-0.3, -0.25) is 9.89 Å². The van der Waals surface area contributed by atoms with Gasteiger partial charge in [0.1, 0.15) is 5.82 Å². The number of rotatable bonds is 3. The Balaban J connectivity index is 1.60. The van der Waals surface area contributed by atoms with Crippen molar-refractivity contribution in [3.63, 3.8) is 0 Å². The third kappa shape index (κ3) is 2.92. The molecule has 1 amide bonds. The van der Waals surface area contributed by atoms with Gasteiger partial charge in [-0.15, -0.1) is 0 Å². The average Bonchev–Trinajstić information content (AvgIpc) is 3.28. The number of aromatic amines is 1. The highest BCUT2D eigenvalue weighted by atomic mass is 19.1. The van der Waals surface area contributed by atoms with Crippen molar-refractivity contribution < 1.29 is 13.9 Å². The number of halogens is 1. The molecular weight excluding hydrogens is 333 g/mol. The first-order valence-electron chi connectivity index (χ1n) is 9.24. The van der Waals surface area contributed by atoms with Crippen molar-refractivity contribution in [1.82, 2.24) is 15.1 Å². The van der Waals surface area contributed by atoms with Gasteiger partial charge in [0.15, 0.2) is 0 Å². The van der Waals surface area contributed by atoms with Crippen LogP contribution in [0, 0.1) is 11.2 Å². The summed E-state index contributed by atoms with van der Waals surface area (Å²) < 4.78 is 19.3. The van der Waals surface area contributed by atoms with Gasteiger partial charge in [-0.25, -0.2) is 4.39 Å². The molecule has 26 heavy (non-hydrogen) atoms. The van der Waals surface area contributed by atoms with Gasteiger partial charge in [0, 0.05) is 31.2 Å². The molecule has 138 valence electrons. The van der Waals surface area contributed by atoms with Gasteiger partial charge in [0.25, 0.3) is 5.91 Å². The molecule has 1 saturated carbocycles. The van der Waals surface area contributed by atoms with Crippen molar-refractivity contribution in [2.24, 2.45) is 5.41 Å². The SMILES string of the molecule is CO[C@@H]1CCC[C@@]12CCCN(C(=O)c1cn[nH]c1-c1cccc(F)c1)C2. The number of nitrogens with one attached hydrogen (secondary N) is 1. The second kappa shape index (κ2) is 6.83. The Morgan fingerprint density at radius 2 is 2.23 bits per heavy atom. The van der Waals surface area contributed by atoms with Crippen LogP contribution < -0.4 is 0 Å². The Labute approximate surface area is 152 Å². The second-order valence-electron chi connectivity index (χ2n) is 7.48. The van der Waals surface area contributed by atoms with E-state index in [9.17, 15) is 9.18 Å². The zero-order chi connectivity index (χ0) is 18.1. The number of carbonyl (C=O) groups is 1. The number of aromatic nitrogens is 2. The quantitative estimate of drug-likeness (QED) is 0.912. The minimum absolute atomic E-state index is 0.0427. The molecule has 2 atom stereocenters. The molecule has 2 aromatic rings. The molecular formula is C20H24FN3O2. The number of hydrogen-bond donors (Lipinski definition) is 1. The molecule has 1 N–H and O–H groups in total. The summed E-state index contributed by atoms with van der Waals surface area (Å²) in [7, 11) is 1.77. The number of H-pyrrole nitrogens is 1. The Morgan fingerprint density at radius 3 is 3.04 bits per heavy atom. The highest BCUT2D eigenvalue weighted by molar-refractivity contribution is 5.99. The van der Waals surface area contributed by atoms with Crippen LogP contribution in [0.5, 0.6) is 0 Å². The number of likely N-dealkylation sites (tertiary alicyclic amines) is 1. The smallest absolute Gasteiger partial charge is 0.257 e. The van der Waals surface area contributed by atoms with Crippen molar-refractivity contribution in [3.8, 4) is 11.3 Å². The number of methoxy groups -OCH3 is 1. The molecule has 6 heteroatoms. The lowest BCUT2D eigenvalue weighted by molar-refractivity contribution is -0.0295. The fraction of sp³-hybridized carbons (Fsp3) is 0.500. The van der Waals surface area contributed by atoms with E-state index >= 15 is 0 Å². The summed E-state index contributed by atoms with van der Waals surface area (Å²) in [5.74, 6) is -0.375. The minimum atomic E-state index is -0.332. The zero-order valence-corrected chi connectivity index (χ0v) is 15.0. The van der Waals surface area contributed by atoms with E-state index in [0.717, 1.165) is 45.2 Å². The first kappa shape index (κ1) is 17.2. The molecule has 1 aliphatic carbocycles. The fourth-order valence-electron chi connectivity index (χ4n) is 4.76.